The van der Waals surface area contributed by atoms with E-state index in [0.717, 1.165) is 0 Å². The highest BCUT2D eigenvalue weighted by Crippen LogP contribution is 2.37. The van der Waals surface area contributed by atoms with Crippen LogP contribution < -0.4 is 5.73 Å². The topological polar surface area (TPSA) is 41.8 Å². The molecule has 2 nitrogen and oxygen atoms in total. The lowest BCUT2D eigenvalue weighted by atomic mass is 10.0. The summed E-state index contributed by atoms with van der Waals surface area (Å²) in [6.07, 6.45) is 9.51. The van der Waals surface area contributed by atoms with Crippen LogP contribution in [0.3, 0.4) is 0 Å². The van der Waals surface area contributed by atoms with Gasteiger partial charge in [-0.25, -0.2) is 0 Å². The Morgan fingerprint density at radius 1 is 1.18 bits per heavy atom. The maximum atomic E-state index is 6.09. The molecule has 0 radical (unpaired) electrons. The van der Waals surface area contributed by atoms with Gasteiger partial charge in [0.05, 0.1) is 0 Å². The van der Waals surface area contributed by atoms with E-state index >= 15 is 0 Å². The lowest BCUT2D eigenvalue weighted by Crippen LogP contribution is -2.20. The summed E-state index contributed by atoms with van der Waals surface area (Å²) in [5.74, 6) is 0. The van der Waals surface area contributed by atoms with Crippen molar-refractivity contribution in [1.29, 1.82) is 0 Å². The Balaban J connectivity index is 1.57. The molecule has 1 fully saturated rings. The first-order chi connectivity index (χ1) is 8.27. The average molecular weight is 228 g/mol. The highest BCUT2D eigenvalue weighted by Gasteiger charge is 2.36. The molecular weight excluding hydrogens is 208 g/mol. The standard InChI is InChI=1S/C15H20N2/c16-15(9-10-15)8-4-3-5-12-11-17-14-7-2-1-6-13(12)14/h1-2,6-7,11,17H,3-5,8-10,16H2. The van der Waals surface area contributed by atoms with Gasteiger partial charge in [-0.3, -0.25) is 0 Å². The first kappa shape index (κ1) is 10.8. The van der Waals surface area contributed by atoms with E-state index in [1.807, 2.05) is 0 Å². The largest absolute Gasteiger partial charge is 0.361 e. The number of nitrogens with two attached hydrogens (primary N) is 1. The van der Waals surface area contributed by atoms with Crippen LogP contribution in [0.2, 0.25) is 0 Å². The highest BCUT2D eigenvalue weighted by molar-refractivity contribution is 5.82. The van der Waals surface area contributed by atoms with Crippen molar-refractivity contribution in [2.24, 2.45) is 5.73 Å². The minimum absolute atomic E-state index is 0.222. The molecule has 3 rings (SSSR count). The summed E-state index contributed by atoms with van der Waals surface area (Å²) >= 11 is 0. The van der Waals surface area contributed by atoms with E-state index in [0.29, 0.717) is 0 Å². The fourth-order valence-corrected chi connectivity index (χ4v) is 2.54. The van der Waals surface area contributed by atoms with E-state index in [1.165, 1.54) is 55.0 Å². The van der Waals surface area contributed by atoms with Gasteiger partial charge in [-0.1, -0.05) is 24.6 Å². The second-order valence-corrected chi connectivity index (χ2v) is 5.43. The molecule has 1 aromatic carbocycles. The Labute approximate surface area is 102 Å². The van der Waals surface area contributed by atoms with E-state index in [2.05, 4.69) is 35.4 Å². The molecule has 0 amide bonds. The molecule has 0 bridgehead atoms. The predicted octanol–water partition coefficient (Wildman–Crippen LogP) is 3.37. The fraction of sp³-hybridized carbons (Fsp3) is 0.467. The van der Waals surface area contributed by atoms with Gasteiger partial charge in [-0.15, -0.1) is 0 Å². The lowest BCUT2D eigenvalue weighted by Gasteiger charge is -2.07. The SMILES string of the molecule is NC1(CCCCc2c[nH]c3ccccc23)CC1. The zero-order valence-electron chi connectivity index (χ0n) is 10.2. The maximum absolute atomic E-state index is 6.09. The predicted molar refractivity (Wildman–Crippen MR) is 72.0 cm³/mol. The van der Waals surface area contributed by atoms with Crippen LogP contribution in [0.4, 0.5) is 0 Å². The van der Waals surface area contributed by atoms with E-state index < -0.39 is 0 Å². The summed E-state index contributed by atoms with van der Waals surface area (Å²) in [7, 11) is 0. The second-order valence-electron chi connectivity index (χ2n) is 5.43. The first-order valence-electron chi connectivity index (χ1n) is 6.61. The molecule has 0 atom stereocenters. The number of aromatic nitrogens is 1. The number of hydrogen-bond donors (Lipinski definition) is 2. The van der Waals surface area contributed by atoms with Crippen LogP contribution in [-0.4, -0.2) is 10.5 Å². The summed E-state index contributed by atoms with van der Waals surface area (Å²) in [5.41, 5.74) is 9.01. The Morgan fingerprint density at radius 2 is 2.00 bits per heavy atom. The molecule has 0 spiro atoms. The summed E-state index contributed by atoms with van der Waals surface area (Å²) in [6.45, 7) is 0. The molecule has 2 heteroatoms. The molecule has 0 unspecified atom stereocenters. The molecule has 0 aliphatic heterocycles. The molecule has 1 saturated carbocycles. The Hall–Kier alpha value is -1.28. The maximum Gasteiger partial charge on any atom is 0.0456 e. The highest BCUT2D eigenvalue weighted by atomic mass is 14.8. The molecule has 1 aromatic heterocycles. The number of aryl methyl sites for hydroxylation is 1. The van der Waals surface area contributed by atoms with Crippen LogP contribution in [0.1, 0.15) is 37.7 Å². The zero-order chi connectivity index (χ0) is 11.7. The molecule has 1 aliphatic rings. The van der Waals surface area contributed by atoms with E-state index in [-0.39, 0.29) is 5.54 Å². The van der Waals surface area contributed by atoms with Crippen molar-refractivity contribution >= 4 is 10.9 Å². The van der Waals surface area contributed by atoms with Crippen molar-refractivity contribution in [3.05, 3.63) is 36.0 Å². The molecule has 1 aliphatic carbocycles. The molecule has 17 heavy (non-hydrogen) atoms. The van der Waals surface area contributed by atoms with Crippen LogP contribution in [0.15, 0.2) is 30.5 Å². The van der Waals surface area contributed by atoms with Crippen molar-refractivity contribution in [2.75, 3.05) is 0 Å². The number of benzene rings is 1. The van der Waals surface area contributed by atoms with Crippen molar-refractivity contribution < 1.29 is 0 Å². The summed E-state index contributed by atoms with van der Waals surface area (Å²) in [6, 6.07) is 8.52. The molecule has 0 saturated heterocycles. The van der Waals surface area contributed by atoms with Crippen LogP contribution in [0.5, 0.6) is 0 Å². The Kier molecular flexibility index (Phi) is 2.67. The van der Waals surface area contributed by atoms with Crippen molar-refractivity contribution in [2.45, 2.75) is 44.1 Å². The van der Waals surface area contributed by atoms with Gasteiger partial charge in [0.2, 0.25) is 0 Å². The van der Waals surface area contributed by atoms with Gasteiger partial charge >= 0.3 is 0 Å². The quantitative estimate of drug-likeness (QED) is 0.757. The molecule has 3 N–H and O–H groups in total. The van der Waals surface area contributed by atoms with Gasteiger partial charge in [0.1, 0.15) is 0 Å². The average Bonchev–Trinajstić information content (AvgIpc) is 2.94. The third-order valence-electron chi connectivity index (χ3n) is 3.94. The lowest BCUT2D eigenvalue weighted by molar-refractivity contribution is 0.556. The molecular formula is C15H20N2. The van der Waals surface area contributed by atoms with Crippen LogP contribution in [0, 0.1) is 0 Å². The number of hydrogen-bond acceptors (Lipinski definition) is 1. The number of aromatic amines is 1. The minimum Gasteiger partial charge on any atom is -0.361 e. The van der Waals surface area contributed by atoms with Gasteiger partial charge in [-0.2, -0.15) is 0 Å². The second kappa shape index (κ2) is 4.19. The van der Waals surface area contributed by atoms with Gasteiger partial charge in [0.25, 0.3) is 0 Å². The van der Waals surface area contributed by atoms with Gasteiger partial charge in [-0.05, 0) is 43.7 Å². The van der Waals surface area contributed by atoms with Crippen molar-refractivity contribution in [1.82, 2.24) is 4.98 Å². The third kappa shape index (κ3) is 2.37. The van der Waals surface area contributed by atoms with E-state index in [9.17, 15) is 0 Å². The Morgan fingerprint density at radius 3 is 2.82 bits per heavy atom. The minimum atomic E-state index is 0.222. The molecule has 90 valence electrons. The van der Waals surface area contributed by atoms with Gasteiger partial charge < -0.3 is 10.7 Å². The van der Waals surface area contributed by atoms with Crippen LogP contribution >= 0.6 is 0 Å². The normalized spacial score (nSPS) is 17.5. The number of H-pyrrole nitrogens is 1. The van der Waals surface area contributed by atoms with Crippen molar-refractivity contribution in [3.8, 4) is 0 Å². The number of para-hydroxylation sites is 1. The summed E-state index contributed by atoms with van der Waals surface area (Å²) in [5, 5.41) is 1.38. The number of fused-ring (bicyclic) bond motifs is 1. The van der Waals surface area contributed by atoms with Gasteiger partial charge in [0, 0.05) is 22.6 Å². The summed E-state index contributed by atoms with van der Waals surface area (Å²) in [4.78, 5) is 3.33. The number of rotatable bonds is 5. The monoisotopic (exact) mass is 228 g/mol. The fourth-order valence-electron chi connectivity index (χ4n) is 2.54. The van der Waals surface area contributed by atoms with E-state index in [4.69, 9.17) is 5.73 Å². The first-order valence-corrected chi connectivity index (χ1v) is 6.61. The van der Waals surface area contributed by atoms with E-state index in [1.54, 1.807) is 0 Å². The Bertz CT molecular complexity index is 508. The van der Waals surface area contributed by atoms with Crippen LogP contribution in [0.25, 0.3) is 10.9 Å². The van der Waals surface area contributed by atoms with Gasteiger partial charge in [0.15, 0.2) is 0 Å². The molecule has 1 heterocycles. The number of nitrogens with one attached hydrogen (secondary N) is 1. The third-order valence-corrected chi connectivity index (χ3v) is 3.94. The molecule has 2 aromatic rings. The summed E-state index contributed by atoms with van der Waals surface area (Å²) < 4.78 is 0. The van der Waals surface area contributed by atoms with Crippen LogP contribution in [-0.2, 0) is 6.42 Å². The van der Waals surface area contributed by atoms with Crippen molar-refractivity contribution in [3.63, 3.8) is 0 Å². The zero-order valence-corrected chi connectivity index (χ0v) is 10.2. The smallest absolute Gasteiger partial charge is 0.0456 e. The number of unbranched alkanes of at least 4 members (excludes halogenated alkanes) is 1.